The van der Waals surface area contributed by atoms with Crippen LogP contribution in [0, 0.1) is 0 Å². The fraction of sp³-hybridized carbons (Fsp3) is 0.500. The predicted octanol–water partition coefficient (Wildman–Crippen LogP) is 1.01. The molecule has 4 nitrogen and oxygen atoms in total. The van der Waals surface area contributed by atoms with Gasteiger partial charge in [-0.25, -0.2) is 10.9 Å². The summed E-state index contributed by atoms with van der Waals surface area (Å²) in [5.41, 5.74) is 1.30. The first kappa shape index (κ1) is 9.43. The Bertz CT molecular complexity index is 306. The first-order chi connectivity index (χ1) is 6.80. The zero-order chi connectivity index (χ0) is 10.0. The molecule has 0 atom stereocenters. The van der Waals surface area contributed by atoms with Crippen LogP contribution in [0.2, 0.25) is 0 Å². The number of nitrogens with two attached hydrogens (primary N) is 1. The highest BCUT2D eigenvalue weighted by atomic mass is 16.6. The van der Waals surface area contributed by atoms with Crippen molar-refractivity contribution in [2.24, 2.45) is 5.90 Å². The van der Waals surface area contributed by atoms with E-state index in [0.29, 0.717) is 12.5 Å². The monoisotopic (exact) mass is 194 g/mol. The molecule has 2 N–H and O–H groups in total. The minimum Gasteiger partial charge on any atom is -0.481 e. The highest BCUT2D eigenvalue weighted by Gasteiger charge is 2.44. The minimum atomic E-state index is 0.119. The Balaban J connectivity index is 2.16. The summed E-state index contributed by atoms with van der Waals surface area (Å²) in [5.74, 6) is 5.74. The van der Waals surface area contributed by atoms with Crippen LogP contribution < -0.4 is 10.6 Å². The van der Waals surface area contributed by atoms with E-state index >= 15 is 0 Å². The van der Waals surface area contributed by atoms with E-state index in [2.05, 4.69) is 4.98 Å². The van der Waals surface area contributed by atoms with Gasteiger partial charge in [-0.2, -0.15) is 0 Å². The van der Waals surface area contributed by atoms with Crippen molar-refractivity contribution < 1.29 is 9.57 Å². The van der Waals surface area contributed by atoms with Crippen LogP contribution in [0.4, 0.5) is 0 Å². The minimum absolute atomic E-state index is 0.119. The fourth-order valence-electron chi connectivity index (χ4n) is 1.64. The molecule has 1 aromatic rings. The number of ether oxygens (including phenoxy) is 1. The molecule has 1 saturated carbocycles. The van der Waals surface area contributed by atoms with Crippen molar-refractivity contribution in [1.82, 2.24) is 4.98 Å². The molecule has 0 amide bonds. The summed E-state index contributed by atoms with van der Waals surface area (Å²) in [5, 5.41) is 0. The van der Waals surface area contributed by atoms with Crippen molar-refractivity contribution in [3.8, 4) is 5.88 Å². The van der Waals surface area contributed by atoms with Gasteiger partial charge < -0.3 is 9.57 Å². The van der Waals surface area contributed by atoms with Gasteiger partial charge in [-0.05, 0) is 18.4 Å². The first-order valence-electron chi connectivity index (χ1n) is 4.63. The number of aromatic nitrogens is 1. The van der Waals surface area contributed by atoms with Gasteiger partial charge >= 0.3 is 0 Å². The molecule has 2 rings (SSSR count). The van der Waals surface area contributed by atoms with Crippen LogP contribution in [0.15, 0.2) is 18.3 Å². The van der Waals surface area contributed by atoms with Crippen LogP contribution in [-0.4, -0.2) is 18.7 Å². The summed E-state index contributed by atoms with van der Waals surface area (Å²) in [4.78, 5) is 8.89. The molecule has 0 unspecified atom stereocenters. The highest BCUT2D eigenvalue weighted by molar-refractivity contribution is 5.31. The molecule has 0 aliphatic heterocycles. The van der Waals surface area contributed by atoms with Crippen molar-refractivity contribution in [3.05, 3.63) is 23.9 Å². The molecule has 0 saturated heterocycles. The molecule has 1 aromatic heterocycles. The molecule has 0 bridgehead atoms. The molecule has 1 heterocycles. The van der Waals surface area contributed by atoms with Crippen molar-refractivity contribution in [1.29, 1.82) is 0 Å². The zero-order valence-electron chi connectivity index (χ0n) is 8.19. The lowest BCUT2D eigenvalue weighted by atomic mass is 9.99. The van der Waals surface area contributed by atoms with E-state index in [1.807, 2.05) is 18.3 Å². The summed E-state index contributed by atoms with van der Waals surface area (Å²) in [7, 11) is 1.61. The lowest BCUT2D eigenvalue weighted by molar-refractivity contribution is 0.116. The number of hydrogen-bond acceptors (Lipinski definition) is 4. The number of pyridine rings is 1. The van der Waals surface area contributed by atoms with E-state index in [1.165, 1.54) is 5.56 Å². The predicted molar refractivity (Wildman–Crippen MR) is 51.8 cm³/mol. The van der Waals surface area contributed by atoms with Crippen LogP contribution >= 0.6 is 0 Å². The van der Waals surface area contributed by atoms with Gasteiger partial charge in [-0.3, -0.25) is 0 Å². The maximum atomic E-state index is 5.10. The lowest BCUT2D eigenvalue weighted by Gasteiger charge is -2.13. The van der Waals surface area contributed by atoms with Gasteiger partial charge in [0.25, 0.3) is 0 Å². The van der Waals surface area contributed by atoms with E-state index in [9.17, 15) is 0 Å². The van der Waals surface area contributed by atoms with Gasteiger partial charge in [0.2, 0.25) is 5.88 Å². The topological polar surface area (TPSA) is 57.4 Å². The van der Waals surface area contributed by atoms with Crippen molar-refractivity contribution in [3.63, 3.8) is 0 Å². The van der Waals surface area contributed by atoms with E-state index in [4.69, 9.17) is 15.5 Å². The summed E-state index contributed by atoms with van der Waals surface area (Å²) in [6.45, 7) is 0.570. The van der Waals surface area contributed by atoms with Gasteiger partial charge in [0.15, 0.2) is 0 Å². The number of nitrogens with zero attached hydrogens (tertiary/aromatic N) is 1. The average Bonchev–Trinajstić information content (AvgIpc) is 3.00. The third kappa shape index (κ3) is 1.58. The van der Waals surface area contributed by atoms with Gasteiger partial charge in [-0.1, -0.05) is 6.07 Å². The Labute approximate surface area is 83.0 Å². The second-order valence-corrected chi connectivity index (χ2v) is 3.68. The third-order valence-electron chi connectivity index (χ3n) is 2.77. The smallest absolute Gasteiger partial charge is 0.212 e. The summed E-state index contributed by atoms with van der Waals surface area (Å²) < 4.78 is 5.00. The lowest BCUT2D eigenvalue weighted by Crippen LogP contribution is -2.18. The van der Waals surface area contributed by atoms with Crippen LogP contribution in [0.1, 0.15) is 18.4 Å². The van der Waals surface area contributed by atoms with Gasteiger partial charge in [0.05, 0.1) is 13.7 Å². The number of methoxy groups -OCH3 is 1. The fourth-order valence-corrected chi connectivity index (χ4v) is 1.64. The summed E-state index contributed by atoms with van der Waals surface area (Å²) >= 11 is 0. The van der Waals surface area contributed by atoms with Crippen molar-refractivity contribution in [2.45, 2.75) is 18.3 Å². The second kappa shape index (κ2) is 3.55. The molecular weight excluding hydrogens is 180 g/mol. The quantitative estimate of drug-likeness (QED) is 0.727. The summed E-state index contributed by atoms with van der Waals surface area (Å²) in [6, 6.07) is 3.89. The van der Waals surface area contributed by atoms with Gasteiger partial charge in [0, 0.05) is 17.7 Å². The Morgan fingerprint density at radius 1 is 1.50 bits per heavy atom. The largest absolute Gasteiger partial charge is 0.481 e. The Morgan fingerprint density at radius 3 is 2.71 bits per heavy atom. The molecule has 1 aliphatic rings. The molecule has 76 valence electrons. The van der Waals surface area contributed by atoms with Crippen LogP contribution in [-0.2, 0) is 10.3 Å². The Kier molecular flexibility index (Phi) is 2.39. The van der Waals surface area contributed by atoms with Crippen molar-refractivity contribution in [2.75, 3.05) is 13.7 Å². The second-order valence-electron chi connectivity index (χ2n) is 3.68. The highest BCUT2D eigenvalue weighted by Crippen LogP contribution is 2.48. The Morgan fingerprint density at radius 2 is 2.29 bits per heavy atom. The molecule has 0 aromatic carbocycles. The van der Waals surface area contributed by atoms with Gasteiger partial charge in [-0.15, -0.1) is 0 Å². The van der Waals surface area contributed by atoms with Crippen LogP contribution in [0.3, 0.4) is 0 Å². The van der Waals surface area contributed by atoms with E-state index < -0.39 is 0 Å². The average molecular weight is 194 g/mol. The molecule has 0 radical (unpaired) electrons. The van der Waals surface area contributed by atoms with E-state index in [1.54, 1.807) is 7.11 Å². The van der Waals surface area contributed by atoms with E-state index in [0.717, 1.165) is 12.8 Å². The Hall–Kier alpha value is -1.13. The van der Waals surface area contributed by atoms with E-state index in [-0.39, 0.29) is 5.41 Å². The normalized spacial score (nSPS) is 17.9. The first-order valence-corrected chi connectivity index (χ1v) is 4.63. The number of rotatable bonds is 4. The van der Waals surface area contributed by atoms with Crippen LogP contribution in [0.25, 0.3) is 0 Å². The van der Waals surface area contributed by atoms with Gasteiger partial charge in [0.1, 0.15) is 0 Å². The van der Waals surface area contributed by atoms with Crippen LogP contribution in [0.5, 0.6) is 5.88 Å². The molecule has 4 heteroatoms. The third-order valence-corrected chi connectivity index (χ3v) is 2.77. The SMILES string of the molecule is COc1ccc(C2(CON)CC2)cn1. The maximum absolute atomic E-state index is 5.10. The maximum Gasteiger partial charge on any atom is 0.212 e. The molecule has 1 fully saturated rings. The summed E-state index contributed by atoms with van der Waals surface area (Å²) in [6.07, 6.45) is 4.08. The molecule has 14 heavy (non-hydrogen) atoms. The molecular formula is C10H14N2O2. The van der Waals surface area contributed by atoms with Crippen molar-refractivity contribution >= 4 is 0 Å². The molecule has 1 aliphatic carbocycles. The molecule has 0 spiro atoms. The number of hydrogen-bond donors (Lipinski definition) is 1. The standard InChI is InChI=1S/C10H14N2O2/c1-13-9-3-2-8(6-12-9)10(4-5-10)7-14-11/h2-3,6H,4-5,7,11H2,1H3. The zero-order valence-corrected chi connectivity index (χ0v) is 8.19.